The third kappa shape index (κ3) is 2.49. The molecule has 3 heteroatoms. The first-order valence-corrected chi connectivity index (χ1v) is 5.65. The fraction of sp³-hybridized carbons (Fsp3) is 0.462. The molecule has 1 saturated heterocycles. The number of ether oxygens (including phenoxy) is 1. The predicted octanol–water partition coefficient (Wildman–Crippen LogP) is 1.31. The molecule has 3 nitrogen and oxygen atoms in total. The van der Waals surface area contributed by atoms with Gasteiger partial charge >= 0.3 is 0 Å². The Balaban J connectivity index is 2.02. The summed E-state index contributed by atoms with van der Waals surface area (Å²) in [6.45, 7) is 1.19. The SMILES string of the molecule is NC1(C(=O)Cc2ccccc2)CCOCC1. The average Bonchev–Trinajstić information content (AvgIpc) is 2.31. The molecule has 1 heterocycles. The van der Waals surface area contributed by atoms with Gasteiger partial charge in [-0.05, 0) is 18.4 Å². The van der Waals surface area contributed by atoms with E-state index in [1.54, 1.807) is 0 Å². The van der Waals surface area contributed by atoms with Crippen molar-refractivity contribution >= 4 is 5.78 Å². The van der Waals surface area contributed by atoms with Crippen LogP contribution in [0.5, 0.6) is 0 Å². The van der Waals surface area contributed by atoms with Gasteiger partial charge in [-0.1, -0.05) is 30.3 Å². The van der Waals surface area contributed by atoms with Crippen molar-refractivity contribution in [3.05, 3.63) is 35.9 Å². The fourth-order valence-electron chi connectivity index (χ4n) is 1.97. The van der Waals surface area contributed by atoms with Crippen molar-refractivity contribution in [3.63, 3.8) is 0 Å². The molecule has 0 spiro atoms. The highest BCUT2D eigenvalue weighted by Crippen LogP contribution is 2.20. The molecule has 1 aliphatic rings. The van der Waals surface area contributed by atoms with Crippen molar-refractivity contribution in [2.75, 3.05) is 13.2 Å². The van der Waals surface area contributed by atoms with E-state index in [2.05, 4.69) is 0 Å². The van der Waals surface area contributed by atoms with Crippen LogP contribution < -0.4 is 5.73 Å². The zero-order chi connectivity index (χ0) is 11.4. The molecule has 0 aliphatic carbocycles. The van der Waals surface area contributed by atoms with Gasteiger partial charge in [-0.15, -0.1) is 0 Å². The van der Waals surface area contributed by atoms with Gasteiger partial charge in [-0.2, -0.15) is 0 Å². The number of carbonyl (C=O) groups excluding carboxylic acids is 1. The van der Waals surface area contributed by atoms with Crippen molar-refractivity contribution in [3.8, 4) is 0 Å². The number of ketones is 1. The molecule has 1 fully saturated rings. The molecule has 0 amide bonds. The first kappa shape index (κ1) is 11.3. The quantitative estimate of drug-likeness (QED) is 0.833. The van der Waals surface area contributed by atoms with Gasteiger partial charge in [0, 0.05) is 19.6 Å². The van der Waals surface area contributed by atoms with Gasteiger partial charge in [0.25, 0.3) is 0 Å². The maximum atomic E-state index is 12.1. The topological polar surface area (TPSA) is 52.3 Å². The third-order valence-electron chi connectivity index (χ3n) is 3.15. The summed E-state index contributed by atoms with van der Waals surface area (Å²) in [5.41, 5.74) is 6.48. The van der Waals surface area contributed by atoms with Crippen LogP contribution >= 0.6 is 0 Å². The Labute approximate surface area is 95.6 Å². The number of rotatable bonds is 3. The molecular formula is C13H17NO2. The first-order valence-electron chi connectivity index (χ1n) is 5.65. The van der Waals surface area contributed by atoms with Gasteiger partial charge < -0.3 is 10.5 Å². The van der Waals surface area contributed by atoms with Crippen LogP contribution in [0, 0.1) is 0 Å². The van der Waals surface area contributed by atoms with Crippen LogP contribution in [-0.2, 0) is 16.0 Å². The summed E-state index contributed by atoms with van der Waals surface area (Å²) in [6.07, 6.45) is 1.70. The summed E-state index contributed by atoms with van der Waals surface area (Å²) >= 11 is 0. The highest BCUT2D eigenvalue weighted by molar-refractivity contribution is 5.90. The Bertz CT molecular complexity index is 355. The summed E-state index contributed by atoms with van der Waals surface area (Å²) in [7, 11) is 0. The lowest BCUT2D eigenvalue weighted by Crippen LogP contribution is -2.52. The summed E-state index contributed by atoms with van der Waals surface area (Å²) in [6, 6.07) is 9.74. The summed E-state index contributed by atoms with van der Waals surface area (Å²) in [5, 5.41) is 0. The molecule has 1 aliphatic heterocycles. The number of carbonyl (C=O) groups is 1. The minimum absolute atomic E-state index is 0.127. The van der Waals surface area contributed by atoms with Crippen LogP contribution in [0.2, 0.25) is 0 Å². The van der Waals surface area contributed by atoms with Crippen LogP contribution in [0.4, 0.5) is 0 Å². The monoisotopic (exact) mass is 219 g/mol. The van der Waals surface area contributed by atoms with Crippen LogP contribution in [0.15, 0.2) is 30.3 Å². The third-order valence-corrected chi connectivity index (χ3v) is 3.15. The zero-order valence-corrected chi connectivity index (χ0v) is 9.32. The maximum Gasteiger partial charge on any atom is 0.157 e. The molecule has 0 saturated carbocycles. The van der Waals surface area contributed by atoms with E-state index in [0.717, 1.165) is 5.56 Å². The minimum Gasteiger partial charge on any atom is -0.381 e. The first-order chi connectivity index (χ1) is 7.71. The van der Waals surface area contributed by atoms with E-state index in [1.165, 1.54) is 0 Å². The van der Waals surface area contributed by atoms with Crippen LogP contribution in [0.3, 0.4) is 0 Å². The van der Waals surface area contributed by atoms with Crippen LogP contribution in [0.25, 0.3) is 0 Å². The molecular weight excluding hydrogens is 202 g/mol. The van der Waals surface area contributed by atoms with E-state index in [4.69, 9.17) is 10.5 Å². The largest absolute Gasteiger partial charge is 0.381 e. The highest BCUT2D eigenvalue weighted by atomic mass is 16.5. The van der Waals surface area contributed by atoms with Gasteiger partial charge in [-0.3, -0.25) is 4.79 Å². The molecule has 16 heavy (non-hydrogen) atoms. The molecule has 0 aromatic heterocycles. The Hall–Kier alpha value is -1.19. The zero-order valence-electron chi connectivity index (χ0n) is 9.32. The van der Waals surface area contributed by atoms with Gasteiger partial charge in [0.15, 0.2) is 5.78 Å². The van der Waals surface area contributed by atoms with Crippen LogP contribution in [-0.4, -0.2) is 24.5 Å². The van der Waals surface area contributed by atoms with E-state index in [-0.39, 0.29) is 5.78 Å². The van der Waals surface area contributed by atoms with Crippen molar-refractivity contribution in [2.45, 2.75) is 24.8 Å². The van der Waals surface area contributed by atoms with Crippen LogP contribution in [0.1, 0.15) is 18.4 Å². The Morgan fingerprint density at radius 1 is 1.25 bits per heavy atom. The standard InChI is InChI=1S/C13H17NO2/c14-13(6-8-16-9-7-13)12(15)10-11-4-2-1-3-5-11/h1-5H,6-10,14H2. The normalized spacial score (nSPS) is 19.3. The lowest BCUT2D eigenvalue weighted by Gasteiger charge is -2.31. The second-order valence-electron chi connectivity index (χ2n) is 4.35. The summed E-state index contributed by atoms with van der Waals surface area (Å²) in [5.74, 6) is 0.127. The molecule has 0 unspecified atom stereocenters. The Morgan fingerprint density at radius 3 is 2.50 bits per heavy atom. The second-order valence-corrected chi connectivity index (χ2v) is 4.35. The molecule has 1 aromatic rings. The van der Waals surface area contributed by atoms with Gasteiger partial charge in [-0.25, -0.2) is 0 Å². The number of hydrogen-bond donors (Lipinski definition) is 1. The van der Waals surface area contributed by atoms with E-state index in [0.29, 0.717) is 32.5 Å². The molecule has 0 radical (unpaired) electrons. The highest BCUT2D eigenvalue weighted by Gasteiger charge is 2.35. The lowest BCUT2D eigenvalue weighted by molar-refractivity contribution is -0.126. The molecule has 1 aromatic carbocycles. The average molecular weight is 219 g/mol. The number of Topliss-reactive ketones (excluding diaryl/α,β-unsaturated/α-hetero) is 1. The predicted molar refractivity (Wildman–Crippen MR) is 62.1 cm³/mol. The number of hydrogen-bond acceptors (Lipinski definition) is 3. The summed E-state index contributed by atoms with van der Waals surface area (Å²) in [4.78, 5) is 12.1. The van der Waals surface area contributed by atoms with Crippen molar-refractivity contribution in [1.82, 2.24) is 0 Å². The van der Waals surface area contributed by atoms with Gasteiger partial charge in [0.2, 0.25) is 0 Å². The Kier molecular flexibility index (Phi) is 3.36. The van der Waals surface area contributed by atoms with Crippen molar-refractivity contribution < 1.29 is 9.53 Å². The maximum absolute atomic E-state index is 12.1. The van der Waals surface area contributed by atoms with Gasteiger partial charge in [0.05, 0.1) is 5.54 Å². The lowest BCUT2D eigenvalue weighted by atomic mass is 9.84. The molecule has 2 rings (SSSR count). The van der Waals surface area contributed by atoms with E-state index >= 15 is 0 Å². The summed E-state index contributed by atoms with van der Waals surface area (Å²) < 4.78 is 5.23. The smallest absolute Gasteiger partial charge is 0.157 e. The van der Waals surface area contributed by atoms with E-state index in [9.17, 15) is 4.79 Å². The molecule has 2 N–H and O–H groups in total. The number of benzene rings is 1. The number of nitrogens with two attached hydrogens (primary N) is 1. The van der Waals surface area contributed by atoms with E-state index in [1.807, 2.05) is 30.3 Å². The van der Waals surface area contributed by atoms with Crippen molar-refractivity contribution in [2.24, 2.45) is 5.73 Å². The van der Waals surface area contributed by atoms with Crippen molar-refractivity contribution in [1.29, 1.82) is 0 Å². The molecule has 0 bridgehead atoms. The Morgan fingerprint density at radius 2 is 1.88 bits per heavy atom. The minimum atomic E-state index is -0.673. The van der Waals surface area contributed by atoms with E-state index < -0.39 is 5.54 Å². The second kappa shape index (κ2) is 4.76. The van der Waals surface area contributed by atoms with Gasteiger partial charge in [0.1, 0.15) is 0 Å². The fourth-order valence-corrected chi connectivity index (χ4v) is 1.97. The molecule has 0 atom stereocenters. The molecule has 86 valence electrons.